The van der Waals surface area contributed by atoms with Crippen molar-refractivity contribution in [1.29, 1.82) is 0 Å². The number of nitrogen functional groups attached to an aromatic ring is 1. The molecule has 3 rings (SSSR count). The van der Waals surface area contributed by atoms with Crippen LogP contribution in [0.4, 0.5) is 5.69 Å². The highest BCUT2D eigenvalue weighted by atomic mass is 35.5. The largest absolute Gasteiger partial charge is 0.487 e. The summed E-state index contributed by atoms with van der Waals surface area (Å²) in [5, 5.41) is 0.608. The third-order valence-electron chi connectivity index (χ3n) is 3.43. The first-order valence-corrected chi connectivity index (χ1v) is 7.43. The molecule has 0 aliphatic heterocycles. The average molecular weight is 310 g/mol. The van der Waals surface area contributed by atoms with Crippen molar-refractivity contribution < 1.29 is 4.74 Å². The van der Waals surface area contributed by atoms with Gasteiger partial charge in [0.15, 0.2) is 0 Å². The fourth-order valence-electron chi connectivity index (χ4n) is 2.30. The molecule has 0 spiro atoms. The van der Waals surface area contributed by atoms with Crippen LogP contribution in [-0.4, -0.2) is 0 Å². The van der Waals surface area contributed by atoms with E-state index in [2.05, 4.69) is 0 Å². The molecule has 2 N–H and O–H groups in total. The van der Waals surface area contributed by atoms with E-state index in [0.717, 1.165) is 16.7 Å². The second-order valence-corrected chi connectivity index (χ2v) is 5.44. The van der Waals surface area contributed by atoms with Gasteiger partial charge < -0.3 is 10.5 Å². The Balaban J connectivity index is 1.90. The van der Waals surface area contributed by atoms with Crippen LogP contribution in [0.2, 0.25) is 5.02 Å². The smallest absolute Gasteiger partial charge is 0.144 e. The van der Waals surface area contributed by atoms with Gasteiger partial charge in [-0.05, 0) is 17.2 Å². The fourth-order valence-corrected chi connectivity index (χ4v) is 2.51. The lowest BCUT2D eigenvalue weighted by Crippen LogP contribution is -2.00. The summed E-state index contributed by atoms with van der Waals surface area (Å²) in [6, 6.07) is 23.5. The van der Waals surface area contributed by atoms with Crippen molar-refractivity contribution in [3.63, 3.8) is 0 Å². The monoisotopic (exact) mass is 309 g/mol. The summed E-state index contributed by atoms with van der Waals surface area (Å²) in [6.45, 7) is 0.458. The van der Waals surface area contributed by atoms with Gasteiger partial charge in [0.1, 0.15) is 12.4 Å². The Morgan fingerprint density at radius 1 is 0.864 bits per heavy atom. The molecular formula is C19H16ClNO. The molecule has 0 radical (unpaired) electrons. The van der Waals surface area contributed by atoms with Crippen LogP contribution in [0.3, 0.4) is 0 Å². The molecule has 0 aliphatic carbocycles. The van der Waals surface area contributed by atoms with E-state index in [1.807, 2.05) is 66.7 Å². The van der Waals surface area contributed by atoms with E-state index in [1.165, 1.54) is 0 Å². The minimum absolute atomic E-state index is 0.458. The summed E-state index contributed by atoms with van der Waals surface area (Å²) in [7, 11) is 0. The first-order chi connectivity index (χ1) is 10.7. The minimum Gasteiger partial charge on any atom is -0.487 e. The highest BCUT2D eigenvalue weighted by Gasteiger charge is 2.10. The van der Waals surface area contributed by atoms with Crippen molar-refractivity contribution in [2.75, 3.05) is 5.73 Å². The average Bonchev–Trinajstić information content (AvgIpc) is 2.57. The third-order valence-corrected chi connectivity index (χ3v) is 3.65. The molecule has 0 heterocycles. The summed E-state index contributed by atoms with van der Waals surface area (Å²) < 4.78 is 5.86. The van der Waals surface area contributed by atoms with Crippen molar-refractivity contribution in [3.8, 4) is 16.9 Å². The highest BCUT2D eigenvalue weighted by molar-refractivity contribution is 6.31. The molecule has 0 unspecified atom stereocenters. The summed E-state index contributed by atoms with van der Waals surface area (Å²) in [5.41, 5.74) is 9.86. The van der Waals surface area contributed by atoms with Gasteiger partial charge in [-0.2, -0.15) is 0 Å². The normalized spacial score (nSPS) is 10.4. The molecule has 0 atom stereocenters. The molecule has 3 heteroatoms. The van der Waals surface area contributed by atoms with Crippen molar-refractivity contribution >= 4 is 17.3 Å². The lowest BCUT2D eigenvalue weighted by Gasteiger charge is -2.14. The molecule has 2 nitrogen and oxygen atoms in total. The van der Waals surface area contributed by atoms with Crippen LogP contribution in [0.15, 0.2) is 72.8 Å². The first-order valence-electron chi connectivity index (χ1n) is 7.05. The molecule has 3 aromatic rings. The maximum atomic E-state index is 6.26. The van der Waals surface area contributed by atoms with Crippen molar-refractivity contribution in [2.24, 2.45) is 0 Å². The summed E-state index contributed by atoms with van der Waals surface area (Å²) in [5.74, 6) is 0.607. The Labute approximate surface area is 135 Å². The fraction of sp³-hybridized carbons (Fsp3) is 0.0526. The lowest BCUT2D eigenvalue weighted by molar-refractivity contribution is 0.308. The maximum Gasteiger partial charge on any atom is 0.144 e. The quantitative estimate of drug-likeness (QED) is 0.675. The number of hydrogen-bond donors (Lipinski definition) is 1. The zero-order valence-electron chi connectivity index (χ0n) is 12.0. The number of halogens is 1. The zero-order valence-corrected chi connectivity index (χ0v) is 12.8. The molecule has 0 saturated heterocycles. The van der Waals surface area contributed by atoms with E-state index in [1.54, 1.807) is 6.07 Å². The Kier molecular flexibility index (Phi) is 4.31. The van der Waals surface area contributed by atoms with Crippen LogP contribution in [0.5, 0.6) is 5.75 Å². The van der Waals surface area contributed by atoms with Gasteiger partial charge in [0.2, 0.25) is 0 Å². The predicted molar refractivity (Wildman–Crippen MR) is 92.1 cm³/mol. The SMILES string of the molecule is Nc1c(OCc2ccccc2)cc(Cl)cc1-c1ccccc1. The highest BCUT2D eigenvalue weighted by Crippen LogP contribution is 2.36. The third kappa shape index (κ3) is 3.23. The molecular weight excluding hydrogens is 294 g/mol. The number of ether oxygens (including phenoxy) is 1. The standard InChI is InChI=1S/C19H16ClNO/c20-16-11-17(15-9-5-2-6-10-15)19(21)18(12-16)22-13-14-7-3-1-4-8-14/h1-12H,13,21H2. The van der Waals surface area contributed by atoms with E-state index in [4.69, 9.17) is 22.1 Å². The van der Waals surface area contributed by atoms with Crippen molar-refractivity contribution in [2.45, 2.75) is 6.61 Å². The van der Waals surface area contributed by atoms with E-state index in [0.29, 0.717) is 23.1 Å². The first kappa shape index (κ1) is 14.5. The van der Waals surface area contributed by atoms with E-state index < -0.39 is 0 Å². The summed E-state index contributed by atoms with van der Waals surface area (Å²) in [6.07, 6.45) is 0. The number of rotatable bonds is 4. The lowest BCUT2D eigenvalue weighted by atomic mass is 10.0. The molecule has 0 fully saturated rings. The van der Waals surface area contributed by atoms with Gasteiger partial charge in [-0.15, -0.1) is 0 Å². The van der Waals surface area contributed by atoms with Crippen LogP contribution < -0.4 is 10.5 Å². The minimum atomic E-state index is 0.458. The molecule has 0 aliphatic rings. The molecule has 0 bridgehead atoms. The number of nitrogens with two attached hydrogens (primary N) is 1. The van der Waals surface area contributed by atoms with Crippen LogP contribution in [-0.2, 0) is 6.61 Å². The molecule has 0 saturated carbocycles. The Bertz CT molecular complexity index is 757. The molecule has 22 heavy (non-hydrogen) atoms. The van der Waals surface area contributed by atoms with Gasteiger partial charge >= 0.3 is 0 Å². The zero-order chi connectivity index (χ0) is 15.4. The topological polar surface area (TPSA) is 35.2 Å². The molecule has 110 valence electrons. The van der Waals surface area contributed by atoms with Gasteiger partial charge in [0, 0.05) is 16.7 Å². The second-order valence-electron chi connectivity index (χ2n) is 5.01. The summed E-state index contributed by atoms with van der Waals surface area (Å²) >= 11 is 6.22. The van der Waals surface area contributed by atoms with E-state index in [-0.39, 0.29) is 0 Å². The molecule has 0 amide bonds. The Hall–Kier alpha value is -2.45. The van der Waals surface area contributed by atoms with Gasteiger partial charge in [-0.3, -0.25) is 0 Å². The van der Waals surface area contributed by atoms with Crippen LogP contribution >= 0.6 is 11.6 Å². The Morgan fingerprint density at radius 2 is 1.50 bits per heavy atom. The number of anilines is 1. The van der Waals surface area contributed by atoms with Crippen molar-refractivity contribution in [3.05, 3.63) is 83.4 Å². The van der Waals surface area contributed by atoms with Gasteiger partial charge in [0.05, 0.1) is 5.69 Å². The number of benzene rings is 3. The van der Waals surface area contributed by atoms with Crippen molar-refractivity contribution in [1.82, 2.24) is 0 Å². The maximum absolute atomic E-state index is 6.26. The molecule has 0 aromatic heterocycles. The number of hydrogen-bond acceptors (Lipinski definition) is 2. The summed E-state index contributed by atoms with van der Waals surface area (Å²) in [4.78, 5) is 0. The van der Waals surface area contributed by atoms with Gasteiger partial charge in [0.25, 0.3) is 0 Å². The van der Waals surface area contributed by atoms with Crippen LogP contribution in [0.25, 0.3) is 11.1 Å². The van der Waals surface area contributed by atoms with Gasteiger partial charge in [-0.1, -0.05) is 72.3 Å². The predicted octanol–water partition coefficient (Wildman–Crippen LogP) is 5.17. The van der Waals surface area contributed by atoms with Gasteiger partial charge in [-0.25, -0.2) is 0 Å². The molecule has 3 aromatic carbocycles. The van der Waals surface area contributed by atoms with Crippen LogP contribution in [0.1, 0.15) is 5.56 Å². The Morgan fingerprint density at radius 3 is 2.18 bits per heavy atom. The van der Waals surface area contributed by atoms with E-state index in [9.17, 15) is 0 Å². The second kappa shape index (κ2) is 6.54. The van der Waals surface area contributed by atoms with Crippen LogP contribution in [0, 0.1) is 0 Å². The van der Waals surface area contributed by atoms with E-state index >= 15 is 0 Å².